The van der Waals surface area contributed by atoms with E-state index in [-0.39, 0.29) is 11.1 Å². The Balaban J connectivity index is 2.21. The van der Waals surface area contributed by atoms with Gasteiger partial charge in [-0.2, -0.15) is 0 Å². The van der Waals surface area contributed by atoms with Gasteiger partial charge in [-0.3, -0.25) is 9.52 Å². The van der Waals surface area contributed by atoms with E-state index in [4.69, 9.17) is 11.6 Å². The van der Waals surface area contributed by atoms with Crippen LogP contribution in [0, 0.1) is 0 Å². The minimum Gasteiger partial charge on any atom is -0.345 e. The van der Waals surface area contributed by atoms with E-state index in [1.54, 1.807) is 37.3 Å². The Morgan fingerprint density at radius 3 is 2.61 bits per heavy atom. The summed E-state index contributed by atoms with van der Waals surface area (Å²) in [6, 6.07) is 9.49. The first-order valence-corrected chi connectivity index (χ1v) is 9.02. The predicted octanol–water partition coefficient (Wildman–Crippen LogP) is 2.60. The molecule has 122 valence electrons. The number of carbonyl (C=O) groups excluding carboxylic acids is 1. The lowest BCUT2D eigenvalue weighted by Crippen LogP contribution is -2.27. The molecule has 8 heteroatoms. The van der Waals surface area contributed by atoms with Crippen LogP contribution in [-0.2, 0) is 10.0 Å². The summed E-state index contributed by atoms with van der Waals surface area (Å²) in [5, 5.41) is 3.03. The maximum Gasteiger partial charge on any atom is 0.251 e. The quantitative estimate of drug-likeness (QED) is 0.809. The van der Waals surface area contributed by atoms with Crippen molar-refractivity contribution in [3.63, 3.8) is 0 Å². The van der Waals surface area contributed by atoms with E-state index in [9.17, 15) is 13.2 Å². The second kappa shape index (κ2) is 6.97. The molecule has 1 amide bonds. The van der Waals surface area contributed by atoms with Crippen LogP contribution in [0.25, 0.3) is 0 Å². The maximum atomic E-state index is 12.2. The summed E-state index contributed by atoms with van der Waals surface area (Å²) < 4.78 is 25.3. The molecule has 0 fully saturated rings. The second-order valence-electron chi connectivity index (χ2n) is 5.02. The molecule has 0 aliphatic carbocycles. The molecule has 0 saturated heterocycles. The zero-order chi connectivity index (χ0) is 17.0. The number of para-hydroxylation sites is 1. The summed E-state index contributed by atoms with van der Waals surface area (Å²) in [5.41, 5.74) is 1.47. The van der Waals surface area contributed by atoms with E-state index in [0.29, 0.717) is 16.8 Å². The normalized spacial score (nSPS) is 12.5. The molecule has 0 aliphatic heterocycles. The van der Waals surface area contributed by atoms with Crippen molar-refractivity contribution in [2.24, 2.45) is 0 Å². The molecule has 0 spiro atoms. The number of benzene rings is 1. The topological polar surface area (TPSA) is 88.2 Å². The molecule has 1 atom stereocenters. The number of sulfonamides is 1. The van der Waals surface area contributed by atoms with Crippen molar-refractivity contribution < 1.29 is 13.2 Å². The molecule has 1 unspecified atom stereocenters. The highest BCUT2D eigenvalue weighted by molar-refractivity contribution is 7.92. The number of amides is 1. The Morgan fingerprint density at radius 1 is 1.26 bits per heavy atom. The lowest BCUT2D eigenvalue weighted by Gasteiger charge is -2.18. The summed E-state index contributed by atoms with van der Waals surface area (Å²) in [7, 11) is -3.41. The Hall–Kier alpha value is -2.12. The van der Waals surface area contributed by atoms with Crippen LogP contribution >= 0.6 is 11.6 Å². The van der Waals surface area contributed by atoms with Crippen LogP contribution in [-0.4, -0.2) is 25.6 Å². The first-order valence-electron chi connectivity index (χ1n) is 6.75. The predicted molar refractivity (Wildman–Crippen MR) is 90.0 cm³/mol. The molecule has 1 aromatic heterocycles. The van der Waals surface area contributed by atoms with Crippen LogP contribution < -0.4 is 10.0 Å². The van der Waals surface area contributed by atoms with Crippen molar-refractivity contribution >= 4 is 33.2 Å². The van der Waals surface area contributed by atoms with E-state index < -0.39 is 16.1 Å². The van der Waals surface area contributed by atoms with Gasteiger partial charge in [0.25, 0.3) is 5.91 Å². The number of carbonyl (C=O) groups is 1. The van der Waals surface area contributed by atoms with Gasteiger partial charge in [-0.15, -0.1) is 0 Å². The Kier molecular flexibility index (Phi) is 5.23. The van der Waals surface area contributed by atoms with Gasteiger partial charge in [0, 0.05) is 11.8 Å². The lowest BCUT2D eigenvalue weighted by molar-refractivity contribution is 0.0940. The molecule has 0 saturated carbocycles. The van der Waals surface area contributed by atoms with Crippen molar-refractivity contribution in [3.05, 3.63) is 58.9 Å². The standard InChI is InChI=1S/C15H16ClN3O3S/c1-10(18-15(20)11-7-8-17-14(16)9-11)12-5-3-4-6-13(12)19-23(2,21)22/h3-10,19H,1-2H3,(H,18,20). The minimum absolute atomic E-state index is 0.226. The average molecular weight is 354 g/mol. The maximum absolute atomic E-state index is 12.2. The van der Waals surface area contributed by atoms with Crippen LogP contribution in [0.4, 0.5) is 5.69 Å². The number of anilines is 1. The van der Waals surface area contributed by atoms with Gasteiger partial charge in [-0.1, -0.05) is 29.8 Å². The van der Waals surface area contributed by atoms with Crippen molar-refractivity contribution in [1.29, 1.82) is 0 Å². The summed E-state index contributed by atoms with van der Waals surface area (Å²) in [5.74, 6) is -0.323. The monoisotopic (exact) mass is 353 g/mol. The van der Waals surface area contributed by atoms with E-state index >= 15 is 0 Å². The van der Waals surface area contributed by atoms with Crippen LogP contribution in [0.2, 0.25) is 5.15 Å². The number of rotatable bonds is 5. The highest BCUT2D eigenvalue weighted by Crippen LogP contribution is 2.23. The summed E-state index contributed by atoms with van der Waals surface area (Å²) >= 11 is 5.77. The lowest BCUT2D eigenvalue weighted by atomic mass is 10.1. The fraction of sp³-hybridized carbons (Fsp3) is 0.200. The summed E-state index contributed by atoms with van der Waals surface area (Å²) in [6.07, 6.45) is 2.52. The Labute approximate surface area is 139 Å². The van der Waals surface area contributed by atoms with Gasteiger partial charge >= 0.3 is 0 Å². The number of hydrogen-bond donors (Lipinski definition) is 2. The van der Waals surface area contributed by atoms with Crippen LogP contribution in [0.15, 0.2) is 42.6 Å². The molecule has 1 heterocycles. The van der Waals surface area contributed by atoms with E-state index in [2.05, 4.69) is 15.0 Å². The molecular formula is C15H16ClN3O3S. The second-order valence-corrected chi connectivity index (χ2v) is 7.16. The minimum atomic E-state index is -3.41. The van der Waals surface area contributed by atoms with E-state index in [0.717, 1.165) is 6.26 Å². The Bertz CT molecular complexity index is 824. The van der Waals surface area contributed by atoms with Crippen LogP contribution in [0.1, 0.15) is 28.9 Å². The number of hydrogen-bond acceptors (Lipinski definition) is 4. The zero-order valence-corrected chi connectivity index (χ0v) is 14.1. The molecule has 2 rings (SSSR count). The van der Waals surface area contributed by atoms with Gasteiger partial charge in [0.05, 0.1) is 18.0 Å². The molecule has 2 N–H and O–H groups in total. The van der Waals surface area contributed by atoms with Gasteiger partial charge < -0.3 is 5.32 Å². The highest BCUT2D eigenvalue weighted by Gasteiger charge is 2.16. The summed E-state index contributed by atoms with van der Waals surface area (Å²) in [6.45, 7) is 1.77. The van der Waals surface area contributed by atoms with Gasteiger partial charge in [0.2, 0.25) is 10.0 Å². The van der Waals surface area contributed by atoms with E-state index in [1.165, 1.54) is 12.3 Å². The fourth-order valence-electron chi connectivity index (χ4n) is 2.07. The van der Waals surface area contributed by atoms with Gasteiger partial charge in [-0.25, -0.2) is 13.4 Å². The van der Waals surface area contributed by atoms with Crippen LogP contribution in [0.3, 0.4) is 0 Å². The van der Waals surface area contributed by atoms with Crippen molar-refractivity contribution in [2.75, 3.05) is 11.0 Å². The molecule has 1 aromatic carbocycles. The van der Waals surface area contributed by atoms with Crippen LogP contribution in [0.5, 0.6) is 0 Å². The smallest absolute Gasteiger partial charge is 0.251 e. The third-order valence-corrected chi connectivity index (χ3v) is 3.86. The van der Waals surface area contributed by atoms with Gasteiger partial charge in [0.15, 0.2) is 0 Å². The zero-order valence-electron chi connectivity index (χ0n) is 12.6. The molecular weight excluding hydrogens is 338 g/mol. The summed E-state index contributed by atoms with van der Waals surface area (Å²) in [4.78, 5) is 16.1. The number of halogens is 1. The number of pyridine rings is 1. The molecule has 0 radical (unpaired) electrons. The fourth-order valence-corrected chi connectivity index (χ4v) is 2.83. The third kappa shape index (κ3) is 4.94. The first-order chi connectivity index (χ1) is 10.8. The van der Waals surface area contributed by atoms with E-state index in [1.807, 2.05) is 0 Å². The average Bonchev–Trinajstić information content (AvgIpc) is 2.46. The molecule has 23 heavy (non-hydrogen) atoms. The molecule has 0 aliphatic rings. The van der Waals surface area contributed by atoms with Crippen molar-refractivity contribution in [3.8, 4) is 0 Å². The number of aromatic nitrogens is 1. The number of nitrogens with zero attached hydrogens (tertiary/aromatic N) is 1. The SMILES string of the molecule is CC(NC(=O)c1ccnc(Cl)c1)c1ccccc1NS(C)(=O)=O. The first kappa shape index (κ1) is 17.2. The molecule has 6 nitrogen and oxygen atoms in total. The highest BCUT2D eigenvalue weighted by atomic mass is 35.5. The van der Waals surface area contributed by atoms with Gasteiger partial charge in [0.1, 0.15) is 5.15 Å². The Morgan fingerprint density at radius 2 is 1.96 bits per heavy atom. The van der Waals surface area contributed by atoms with Crippen molar-refractivity contribution in [2.45, 2.75) is 13.0 Å². The number of nitrogens with one attached hydrogen (secondary N) is 2. The molecule has 2 aromatic rings. The van der Waals surface area contributed by atoms with Gasteiger partial charge in [-0.05, 0) is 30.7 Å². The molecule has 0 bridgehead atoms. The van der Waals surface area contributed by atoms with Crippen molar-refractivity contribution in [1.82, 2.24) is 10.3 Å². The third-order valence-electron chi connectivity index (χ3n) is 3.06. The largest absolute Gasteiger partial charge is 0.345 e.